The fourth-order valence-electron chi connectivity index (χ4n) is 2.13. The second kappa shape index (κ2) is 4.65. The second-order valence-corrected chi connectivity index (χ2v) is 4.24. The van der Waals surface area contributed by atoms with Gasteiger partial charge in [-0.05, 0) is 38.0 Å². The van der Waals surface area contributed by atoms with Crippen LogP contribution in [0.25, 0.3) is 11.3 Å². The predicted molar refractivity (Wildman–Crippen MR) is 69.9 cm³/mol. The second-order valence-electron chi connectivity index (χ2n) is 4.24. The normalized spacial score (nSPS) is 10.4. The first kappa shape index (κ1) is 13.0. The Balaban J connectivity index is 2.73. The van der Waals surface area contributed by atoms with E-state index in [2.05, 4.69) is 6.07 Å². The molecular formula is C14H14N2O3. The lowest BCUT2D eigenvalue weighted by molar-refractivity contribution is 0.0525. The highest BCUT2D eigenvalue weighted by Gasteiger charge is 2.26. The molecule has 0 radical (unpaired) electrons. The number of nitrogens with zero attached hydrogens (tertiary/aromatic N) is 1. The molecule has 5 heteroatoms. The third-order valence-corrected chi connectivity index (χ3v) is 3.06. The number of rotatable bonds is 2. The summed E-state index contributed by atoms with van der Waals surface area (Å²) in [7, 11) is 0. The highest BCUT2D eigenvalue weighted by Crippen LogP contribution is 2.38. The largest absolute Gasteiger partial charge is 0.462 e. The Labute approximate surface area is 110 Å². The number of fused-ring (bicyclic) bond motifs is 1. The maximum atomic E-state index is 11.9. The molecule has 0 fully saturated rings. The molecule has 0 amide bonds. The van der Waals surface area contributed by atoms with Crippen molar-refractivity contribution in [1.82, 2.24) is 0 Å². The minimum atomic E-state index is -0.513. The van der Waals surface area contributed by atoms with E-state index in [1.165, 1.54) is 0 Å². The lowest BCUT2D eigenvalue weighted by atomic mass is 10.0. The number of nitrogen functional groups attached to an aromatic ring is 1. The molecule has 1 aliphatic carbocycles. The summed E-state index contributed by atoms with van der Waals surface area (Å²) in [6.07, 6.45) is 0. The lowest BCUT2D eigenvalue weighted by Crippen LogP contribution is -2.11. The molecule has 0 saturated heterocycles. The van der Waals surface area contributed by atoms with Crippen molar-refractivity contribution in [2.45, 2.75) is 20.8 Å². The zero-order valence-corrected chi connectivity index (χ0v) is 11.0. The topological polar surface area (TPSA) is 89.2 Å². The monoisotopic (exact) mass is 258 g/mol. The van der Waals surface area contributed by atoms with Crippen molar-refractivity contribution in [1.29, 1.82) is 5.26 Å². The van der Waals surface area contributed by atoms with Gasteiger partial charge in [0.05, 0.1) is 12.2 Å². The van der Waals surface area contributed by atoms with Gasteiger partial charge in [0, 0.05) is 5.56 Å². The van der Waals surface area contributed by atoms with E-state index in [4.69, 9.17) is 20.1 Å². The van der Waals surface area contributed by atoms with Crippen molar-refractivity contribution < 1.29 is 13.9 Å². The Bertz CT molecular complexity index is 665. The summed E-state index contributed by atoms with van der Waals surface area (Å²) in [6, 6.07) is 3.90. The summed E-state index contributed by atoms with van der Waals surface area (Å²) < 4.78 is 10.4. The minimum absolute atomic E-state index is 0.0226. The molecular weight excluding hydrogens is 244 g/mol. The van der Waals surface area contributed by atoms with Crippen molar-refractivity contribution in [3.05, 3.63) is 28.3 Å². The van der Waals surface area contributed by atoms with Gasteiger partial charge in [0.25, 0.3) is 0 Å². The van der Waals surface area contributed by atoms with Crippen molar-refractivity contribution >= 4 is 11.9 Å². The maximum Gasteiger partial charge on any atom is 0.343 e. The van der Waals surface area contributed by atoms with E-state index in [1.807, 2.05) is 13.0 Å². The van der Waals surface area contributed by atoms with Crippen LogP contribution in [-0.4, -0.2) is 12.6 Å². The van der Waals surface area contributed by atoms with Crippen LogP contribution in [0.4, 0.5) is 5.88 Å². The molecule has 19 heavy (non-hydrogen) atoms. The van der Waals surface area contributed by atoms with Gasteiger partial charge < -0.3 is 14.9 Å². The molecule has 0 aromatic heterocycles. The van der Waals surface area contributed by atoms with Crippen molar-refractivity contribution in [2.75, 3.05) is 12.3 Å². The fourth-order valence-corrected chi connectivity index (χ4v) is 2.13. The maximum absolute atomic E-state index is 11.9. The Kier molecular flexibility index (Phi) is 3.17. The first-order valence-electron chi connectivity index (χ1n) is 5.90. The Morgan fingerprint density at radius 2 is 2.21 bits per heavy atom. The summed E-state index contributed by atoms with van der Waals surface area (Å²) >= 11 is 0. The van der Waals surface area contributed by atoms with E-state index >= 15 is 0 Å². The van der Waals surface area contributed by atoms with Crippen LogP contribution in [-0.2, 0) is 4.74 Å². The predicted octanol–water partition coefficient (Wildman–Crippen LogP) is 2.63. The summed E-state index contributed by atoms with van der Waals surface area (Å²) in [5.41, 5.74) is 8.62. The van der Waals surface area contributed by atoms with Gasteiger partial charge in [-0.2, -0.15) is 5.26 Å². The van der Waals surface area contributed by atoms with E-state index in [-0.39, 0.29) is 18.1 Å². The zero-order valence-electron chi connectivity index (χ0n) is 11.0. The molecule has 2 N–H and O–H groups in total. The number of carbonyl (C=O) groups excluding carboxylic acids is 1. The highest BCUT2D eigenvalue weighted by molar-refractivity contribution is 5.98. The van der Waals surface area contributed by atoms with Crippen LogP contribution in [0.3, 0.4) is 0 Å². The van der Waals surface area contributed by atoms with E-state index in [9.17, 15) is 4.79 Å². The van der Waals surface area contributed by atoms with Gasteiger partial charge in [-0.3, -0.25) is 0 Å². The van der Waals surface area contributed by atoms with Crippen LogP contribution >= 0.6 is 0 Å². The molecule has 0 aromatic carbocycles. The summed E-state index contributed by atoms with van der Waals surface area (Å²) in [5, 5.41) is 9.11. The summed E-state index contributed by atoms with van der Waals surface area (Å²) in [6.45, 7) is 5.56. The van der Waals surface area contributed by atoms with Gasteiger partial charge in [-0.25, -0.2) is 4.79 Å². The fraction of sp³-hybridized carbons (Fsp3) is 0.286. The number of carbonyl (C=O) groups is 1. The number of nitriles is 1. The molecule has 1 aliphatic heterocycles. The number of nitrogens with two attached hydrogens (primary N) is 1. The molecule has 0 saturated carbocycles. The third kappa shape index (κ3) is 1.91. The number of esters is 1. The van der Waals surface area contributed by atoms with Gasteiger partial charge in [0.15, 0.2) is 5.76 Å². The van der Waals surface area contributed by atoms with Crippen molar-refractivity contribution in [2.24, 2.45) is 0 Å². The average molecular weight is 258 g/mol. The molecule has 0 unspecified atom stereocenters. The summed E-state index contributed by atoms with van der Waals surface area (Å²) in [4.78, 5) is 11.9. The van der Waals surface area contributed by atoms with Gasteiger partial charge >= 0.3 is 5.97 Å². The van der Waals surface area contributed by atoms with E-state index in [0.29, 0.717) is 22.5 Å². The van der Waals surface area contributed by atoms with Gasteiger partial charge in [-0.1, -0.05) is 0 Å². The first-order valence-corrected chi connectivity index (χ1v) is 5.90. The molecule has 1 heterocycles. The Hall–Kier alpha value is -2.48. The van der Waals surface area contributed by atoms with Gasteiger partial charge in [0.1, 0.15) is 11.6 Å². The van der Waals surface area contributed by atoms with Crippen LogP contribution in [0.15, 0.2) is 10.5 Å². The third-order valence-electron chi connectivity index (χ3n) is 3.06. The van der Waals surface area contributed by atoms with Crippen LogP contribution in [0.2, 0.25) is 0 Å². The average Bonchev–Trinajstić information content (AvgIpc) is 2.65. The van der Waals surface area contributed by atoms with Crippen molar-refractivity contribution in [3.8, 4) is 17.4 Å². The van der Waals surface area contributed by atoms with Crippen LogP contribution in [0.5, 0.6) is 0 Å². The quantitative estimate of drug-likeness (QED) is 0.836. The van der Waals surface area contributed by atoms with Crippen molar-refractivity contribution in [3.63, 3.8) is 0 Å². The van der Waals surface area contributed by atoms with Crippen LogP contribution in [0.1, 0.15) is 34.0 Å². The molecule has 2 rings (SSSR count). The standard InChI is InChI=1S/C14H14N2O3/c1-4-18-14(17)11-8(3)9-5-7(2)10(6-15)12(9)19-13(11)16/h5H,4,16H2,1-3H3. The molecule has 98 valence electrons. The minimum Gasteiger partial charge on any atom is -0.462 e. The van der Waals surface area contributed by atoms with Gasteiger partial charge in [-0.15, -0.1) is 0 Å². The Morgan fingerprint density at radius 1 is 1.53 bits per heavy atom. The van der Waals surface area contributed by atoms with E-state index in [1.54, 1.807) is 13.8 Å². The molecule has 2 aliphatic rings. The smallest absolute Gasteiger partial charge is 0.343 e. The highest BCUT2D eigenvalue weighted by atomic mass is 16.5. The molecule has 0 bridgehead atoms. The summed E-state index contributed by atoms with van der Waals surface area (Å²) in [5.74, 6) is -0.117. The van der Waals surface area contributed by atoms with Crippen LogP contribution in [0, 0.1) is 25.2 Å². The number of ether oxygens (including phenoxy) is 1. The van der Waals surface area contributed by atoms with E-state index in [0.717, 1.165) is 5.56 Å². The molecule has 0 spiro atoms. The van der Waals surface area contributed by atoms with E-state index < -0.39 is 5.97 Å². The van der Waals surface area contributed by atoms with Crippen LogP contribution < -0.4 is 5.73 Å². The molecule has 0 aromatic rings. The zero-order chi connectivity index (χ0) is 14.2. The molecule has 5 nitrogen and oxygen atoms in total. The van der Waals surface area contributed by atoms with Gasteiger partial charge in [0.2, 0.25) is 5.88 Å². The number of hydrogen-bond donors (Lipinski definition) is 1. The Morgan fingerprint density at radius 3 is 2.79 bits per heavy atom. The lowest BCUT2D eigenvalue weighted by Gasteiger charge is -2.12. The number of hydrogen-bond acceptors (Lipinski definition) is 5. The number of anilines is 1. The molecule has 0 atom stereocenters. The SMILES string of the molecule is CCOC(=O)c1c(N)oc2c(C#N)c(C)cc-2c1C. The first-order chi connectivity index (χ1) is 9.01. The number of aryl methyl sites for hydroxylation is 1.